The van der Waals surface area contributed by atoms with Gasteiger partial charge in [0.05, 0.1) is 18.1 Å². The Labute approximate surface area is 214 Å². The molecule has 1 aliphatic rings. The molecule has 3 atom stereocenters. The van der Waals surface area contributed by atoms with Crippen LogP contribution in [-0.4, -0.2) is 52.7 Å². The van der Waals surface area contributed by atoms with Crippen molar-refractivity contribution in [2.45, 2.75) is 63.8 Å². The first kappa shape index (κ1) is 25.2. The fraction of sp³-hybridized carbons (Fsp3) is 0.458. The number of amides is 1. The molecule has 3 aromatic rings. The molecule has 1 aromatic carbocycles. The van der Waals surface area contributed by atoms with Crippen LogP contribution in [0.15, 0.2) is 42.9 Å². The minimum atomic E-state index is -1.95. The number of benzene rings is 1. The zero-order chi connectivity index (χ0) is 24.7. The van der Waals surface area contributed by atoms with Gasteiger partial charge in [0.1, 0.15) is 30.1 Å². The van der Waals surface area contributed by atoms with Crippen LogP contribution in [0.5, 0.6) is 0 Å². The molecule has 4 rings (SSSR count). The topological polar surface area (TPSA) is 98.5 Å². The van der Waals surface area contributed by atoms with Crippen LogP contribution in [-0.2, 0) is 9.16 Å². The highest BCUT2D eigenvalue weighted by atomic mass is 127. The van der Waals surface area contributed by atoms with Crippen molar-refractivity contribution in [3.8, 4) is 0 Å². The van der Waals surface area contributed by atoms with E-state index in [4.69, 9.17) is 9.16 Å². The minimum Gasteiger partial charge on any atom is -0.414 e. The van der Waals surface area contributed by atoms with Gasteiger partial charge in [-0.05, 0) is 52.9 Å². The number of rotatable bonds is 6. The number of halogens is 1. The van der Waals surface area contributed by atoms with Crippen molar-refractivity contribution >= 4 is 53.7 Å². The van der Waals surface area contributed by atoms with E-state index in [0.29, 0.717) is 30.1 Å². The fourth-order valence-corrected chi connectivity index (χ4v) is 5.48. The number of carbonyl (C=O) groups is 1. The van der Waals surface area contributed by atoms with Gasteiger partial charge in [0, 0.05) is 21.8 Å². The molecule has 182 valence electrons. The average molecular weight is 595 g/mol. The molecule has 0 saturated carbocycles. The lowest BCUT2D eigenvalue weighted by atomic mass is 10.2. The number of aromatic nitrogens is 3. The van der Waals surface area contributed by atoms with Crippen LogP contribution in [0.4, 0.5) is 5.82 Å². The first-order chi connectivity index (χ1) is 16.0. The number of hydrogen-bond donors (Lipinski definition) is 2. The van der Waals surface area contributed by atoms with E-state index >= 15 is 0 Å². The Kier molecular flexibility index (Phi) is 7.16. The van der Waals surface area contributed by atoms with Crippen LogP contribution < -0.4 is 5.32 Å². The smallest absolute Gasteiger partial charge is 0.256 e. The van der Waals surface area contributed by atoms with Gasteiger partial charge in [-0.25, -0.2) is 9.97 Å². The summed E-state index contributed by atoms with van der Waals surface area (Å²) in [5.74, 6) is 0.206. The molecular formula is C24H31IN4O4Si. The second-order valence-corrected chi connectivity index (χ2v) is 16.1. The Bertz CT molecular complexity index is 1180. The molecule has 8 nitrogen and oxygen atoms in total. The lowest BCUT2D eigenvalue weighted by molar-refractivity contribution is -0.0403. The molecule has 0 aliphatic carbocycles. The lowest BCUT2D eigenvalue weighted by Gasteiger charge is -2.37. The molecule has 2 aromatic heterocycles. The molecule has 1 saturated heterocycles. The quantitative estimate of drug-likeness (QED) is 0.310. The summed E-state index contributed by atoms with van der Waals surface area (Å²) in [7, 11) is -1.95. The molecule has 0 radical (unpaired) electrons. The van der Waals surface area contributed by atoms with Crippen LogP contribution in [0, 0.1) is 3.57 Å². The molecule has 3 heterocycles. The number of anilines is 1. The third kappa shape index (κ3) is 5.06. The second-order valence-electron chi connectivity index (χ2n) is 10.1. The van der Waals surface area contributed by atoms with Crippen molar-refractivity contribution in [1.29, 1.82) is 0 Å². The molecular weight excluding hydrogens is 563 g/mol. The summed E-state index contributed by atoms with van der Waals surface area (Å²) in [6.07, 6.45) is 2.35. The molecule has 2 N–H and O–H groups in total. The van der Waals surface area contributed by atoms with E-state index in [2.05, 4.69) is 71.7 Å². The highest BCUT2D eigenvalue weighted by molar-refractivity contribution is 14.1. The Balaban J connectivity index is 1.54. The summed E-state index contributed by atoms with van der Waals surface area (Å²) in [5.41, 5.74) is 1.20. The predicted molar refractivity (Wildman–Crippen MR) is 142 cm³/mol. The Morgan fingerprint density at radius 3 is 2.68 bits per heavy atom. The number of nitrogens with zero attached hydrogens (tertiary/aromatic N) is 3. The van der Waals surface area contributed by atoms with Crippen LogP contribution in [0.25, 0.3) is 11.0 Å². The summed E-state index contributed by atoms with van der Waals surface area (Å²) >= 11 is 2.21. The summed E-state index contributed by atoms with van der Waals surface area (Å²) < 4.78 is 15.3. The number of nitrogens with one attached hydrogen (secondary N) is 1. The van der Waals surface area contributed by atoms with Crippen LogP contribution in [0.1, 0.15) is 43.8 Å². The molecule has 0 bridgehead atoms. The van der Waals surface area contributed by atoms with E-state index in [-0.39, 0.29) is 17.2 Å². The van der Waals surface area contributed by atoms with Crippen molar-refractivity contribution in [3.05, 3.63) is 52.0 Å². The van der Waals surface area contributed by atoms with Crippen molar-refractivity contribution < 1.29 is 19.1 Å². The normalized spacial score (nSPS) is 21.2. The van der Waals surface area contributed by atoms with Gasteiger partial charge in [-0.1, -0.05) is 39.0 Å². The number of carbonyl (C=O) groups excluding carboxylic acids is 1. The van der Waals surface area contributed by atoms with Crippen molar-refractivity contribution in [2.24, 2.45) is 0 Å². The average Bonchev–Trinajstić information content (AvgIpc) is 3.32. The van der Waals surface area contributed by atoms with E-state index in [1.165, 1.54) is 6.33 Å². The zero-order valence-corrected chi connectivity index (χ0v) is 23.2. The third-order valence-corrected chi connectivity index (χ3v) is 12.1. The largest absolute Gasteiger partial charge is 0.414 e. The standard InChI is InChI=1S/C24H31IN4O4Si/c1-24(2,3)34(4,5)32-13-18-17(30)11-19(33-18)29-12-16(25)20-21(26-14-27-22(20)29)28-23(31)15-9-7-6-8-10-15/h6-10,12,14,17-19,30H,11,13H2,1-5H3,(H,26,27,28,31)/t17-,18-,19-/m1/s1. The maximum Gasteiger partial charge on any atom is 0.256 e. The van der Waals surface area contributed by atoms with Crippen molar-refractivity contribution in [1.82, 2.24) is 14.5 Å². The lowest BCUT2D eigenvalue weighted by Crippen LogP contribution is -2.43. The number of ether oxygens (including phenoxy) is 1. The predicted octanol–water partition coefficient (Wildman–Crippen LogP) is 4.96. The summed E-state index contributed by atoms with van der Waals surface area (Å²) in [6.45, 7) is 11.3. The van der Waals surface area contributed by atoms with E-state index < -0.39 is 20.5 Å². The minimum absolute atomic E-state index is 0.0835. The van der Waals surface area contributed by atoms with Crippen molar-refractivity contribution in [3.63, 3.8) is 0 Å². The third-order valence-electron chi connectivity index (χ3n) is 6.76. The summed E-state index contributed by atoms with van der Waals surface area (Å²) in [4.78, 5) is 21.5. The molecule has 10 heteroatoms. The summed E-state index contributed by atoms with van der Waals surface area (Å²) in [6, 6.07) is 9.01. The summed E-state index contributed by atoms with van der Waals surface area (Å²) in [5, 5.41) is 14.4. The Hall–Kier alpha value is -1.86. The second kappa shape index (κ2) is 9.65. The van der Waals surface area contributed by atoms with E-state index in [9.17, 15) is 9.90 Å². The van der Waals surface area contributed by atoms with E-state index in [1.54, 1.807) is 12.1 Å². The SMILES string of the molecule is CC(C)(C)[Si](C)(C)OC[C@H]1O[C@@H](n2cc(I)c3c(NC(=O)c4ccccc4)ncnc32)C[C@H]1O. The first-order valence-electron chi connectivity index (χ1n) is 11.3. The van der Waals surface area contributed by atoms with Gasteiger partial charge in [-0.15, -0.1) is 0 Å². The Morgan fingerprint density at radius 1 is 1.29 bits per heavy atom. The van der Waals surface area contributed by atoms with E-state index in [0.717, 1.165) is 8.96 Å². The van der Waals surface area contributed by atoms with Crippen LogP contribution in [0.2, 0.25) is 18.1 Å². The van der Waals surface area contributed by atoms with Crippen molar-refractivity contribution in [2.75, 3.05) is 11.9 Å². The fourth-order valence-electron chi connectivity index (χ4n) is 3.67. The van der Waals surface area contributed by atoms with Gasteiger partial charge >= 0.3 is 0 Å². The van der Waals surface area contributed by atoms with Gasteiger partial charge in [0.25, 0.3) is 5.91 Å². The maximum absolute atomic E-state index is 12.7. The number of aliphatic hydroxyl groups is 1. The van der Waals surface area contributed by atoms with Gasteiger partial charge in [0.2, 0.25) is 0 Å². The van der Waals surface area contributed by atoms with Gasteiger partial charge in [-0.3, -0.25) is 4.79 Å². The maximum atomic E-state index is 12.7. The van der Waals surface area contributed by atoms with Crippen LogP contribution >= 0.6 is 22.6 Å². The number of hydrogen-bond acceptors (Lipinski definition) is 6. The van der Waals surface area contributed by atoms with Gasteiger partial charge in [0.15, 0.2) is 8.32 Å². The zero-order valence-electron chi connectivity index (χ0n) is 20.1. The first-order valence-corrected chi connectivity index (χ1v) is 15.3. The van der Waals surface area contributed by atoms with Gasteiger partial charge in [-0.2, -0.15) is 0 Å². The number of fused-ring (bicyclic) bond motifs is 1. The van der Waals surface area contributed by atoms with E-state index in [1.807, 2.05) is 29.0 Å². The molecule has 1 fully saturated rings. The molecule has 0 spiro atoms. The molecule has 34 heavy (non-hydrogen) atoms. The molecule has 0 unspecified atom stereocenters. The highest BCUT2D eigenvalue weighted by Crippen LogP contribution is 2.39. The monoisotopic (exact) mass is 594 g/mol. The molecule has 1 amide bonds. The molecule has 1 aliphatic heterocycles. The van der Waals surface area contributed by atoms with Crippen LogP contribution in [0.3, 0.4) is 0 Å². The van der Waals surface area contributed by atoms with Gasteiger partial charge < -0.3 is 24.2 Å². The number of aliphatic hydroxyl groups excluding tert-OH is 1. The highest BCUT2D eigenvalue weighted by Gasteiger charge is 2.41. The Morgan fingerprint density at radius 2 is 2.00 bits per heavy atom.